The van der Waals surface area contributed by atoms with Crippen molar-refractivity contribution in [3.63, 3.8) is 0 Å². The highest BCUT2D eigenvalue weighted by molar-refractivity contribution is 6.62. The highest BCUT2D eigenvalue weighted by Gasteiger charge is 2.51. The second-order valence-electron chi connectivity index (χ2n) is 7.16. The highest BCUT2D eigenvalue weighted by Crippen LogP contribution is 2.40. The van der Waals surface area contributed by atoms with Gasteiger partial charge >= 0.3 is 7.12 Å². The first-order valence-electron chi connectivity index (χ1n) is 7.58. The number of halogens is 2. The number of benzene rings is 1. The fourth-order valence-electron chi connectivity index (χ4n) is 2.56. The summed E-state index contributed by atoms with van der Waals surface area (Å²) < 4.78 is 43.0. The van der Waals surface area contributed by atoms with Gasteiger partial charge in [-0.05, 0) is 45.3 Å². The van der Waals surface area contributed by atoms with Gasteiger partial charge in [-0.3, -0.25) is 0 Å². The van der Waals surface area contributed by atoms with E-state index in [-0.39, 0.29) is 24.0 Å². The van der Waals surface area contributed by atoms with Gasteiger partial charge in [0.05, 0.1) is 11.2 Å². The maximum atomic E-state index is 12.8. The number of hydrogen-bond acceptors (Lipinski definition) is 3. The molecule has 0 atom stereocenters. The minimum atomic E-state index is -2.56. The molecule has 120 valence electrons. The maximum Gasteiger partial charge on any atom is 0.494 e. The van der Waals surface area contributed by atoms with Gasteiger partial charge in [0.2, 0.25) is 0 Å². The van der Waals surface area contributed by atoms with Crippen molar-refractivity contribution in [2.24, 2.45) is 0 Å². The van der Waals surface area contributed by atoms with Gasteiger partial charge in [0, 0.05) is 12.8 Å². The van der Waals surface area contributed by atoms with Crippen molar-refractivity contribution in [1.29, 1.82) is 0 Å². The molecule has 1 saturated carbocycles. The molecule has 1 aliphatic heterocycles. The van der Waals surface area contributed by atoms with Crippen LogP contribution in [-0.4, -0.2) is 30.3 Å². The molecule has 1 heterocycles. The van der Waals surface area contributed by atoms with E-state index in [1.54, 1.807) is 12.1 Å². The summed E-state index contributed by atoms with van der Waals surface area (Å²) in [6, 6.07) is 7.26. The van der Waals surface area contributed by atoms with E-state index < -0.39 is 19.1 Å². The van der Waals surface area contributed by atoms with Gasteiger partial charge in [-0.25, -0.2) is 8.78 Å². The smallest absolute Gasteiger partial charge is 0.490 e. The molecule has 0 bridgehead atoms. The average molecular weight is 310 g/mol. The molecule has 1 saturated heterocycles. The van der Waals surface area contributed by atoms with Crippen LogP contribution in [0.2, 0.25) is 0 Å². The number of hydrogen-bond donors (Lipinski definition) is 0. The molecule has 1 aromatic carbocycles. The van der Waals surface area contributed by atoms with Crippen LogP contribution in [0.1, 0.15) is 40.5 Å². The van der Waals surface area contributed by atoms with Crippen LogP contribution in [0.3, 0.4) is 0 Å². The van der Waals surface area contributed by atoms with Gasteiger partial charge < -0.3 is 14.0 Å². The summed E-state index contributed by atoms with van der Waals surface area (Å²) in [4.78, 5) is 0. The van der Waals surface area contributed by atoms with Crippen LogP contribution in [0, 0.1) is 0 Å². The zero-order valence-electron chi connectivity index (χ0n) is 13.4. The van der Waals surface area contributed by atoms with Crippen molar-refractivity contribution >= 4 is 12.6 Å². The van der Waals surface area contributed by atoms with E-state index in [1.165, 1.54) is 0 Å². The summed E-state index contributed by atoms with van der Waals surface area (Å²) in [6.07, 6.45) is -0.796. The third-order valence-electron chi connectivity index (χ3n) is 4.76. The summed E-state index contributed by atoms with van der Waals surface area (Å²) in [7, 11) is -0.424. The van der Waals surface area contributed by atoms with Gasteiger partial charge in [-0.2, -0.15) is 0 Å². The Morgan fingerprint density at radius 1 is 1.00 bits per heavy atom. The molecular formula is C16H21BF2O3. The first-order chi connectivity index (χ1) is 10.1. The zero-order chi connectivity index (χ0) is 16.2. The second kappa shape index (κ2) is 4.93. The predicted molar refractivity (Wildman–Crippen MR) is 80.8 cm³/mol. The van der Waals surface area contributed by atoms with Gasteiger partial charge in [0.1, 0.15) is 11.9 Å². The number of ether oxygens (including phenoxy) is 1. The van der Waals surface area contributed by atoms with Crippen molar-refractivity contribution in [2.75, 3.05) is 0 Å². The minimum absolute atomic E-state index is 0.202. The van der Waals surface area contributed by atoms with E-state index in [1.807, 2.05) is 39.8 Å². The molecule has 6 heteroatoms. The molecule has 2 fully saturated rings. The first-order valence-corrected chi connectivity index (χ1v) is 7.58. The van der Waals surface area contributed by atoms with Gasteiger partial charge in [0.25, 0.3) is 5.92 Å². The van der Waals surface area contributed by atoms with Gasteiger partial charge in [-0.1, -0.05) is 12.1 Å². The number of alkyl halides is 2. The fraction of sp³-hybridized carbons (Fsp3) is 0.625. The fourth-order valence-corrected chi connectivity index (χ4v) is 2.56. The quantitative estimate of drug-likeness (QED) is 0.803. The Hall–Kier alpha value is -1.14. The topological polar surface area (TPSA) is 27.7 Å². The Kier molecular flexibility index (Phi) is 3.53. The summed E-state index contributed by atoms with van der Waals surface area (Å²) in [5, 5.41) is 0. The molecule has 3 rings (SSSR count). The lowest BCUT2D eigenvalue weighted by molar-refractivity contribution is -0.134. The highest BCUT2D eigenvalue weighted by atomic mass is 19.3. The van der Waals surface area contributed by atoms with E-state index in [2.05, 4.69) is 0 Å². The predicted octanol–water partition coefficient (Wildman–Crippen LogP) is 3.16. The van der Waals surface area contributed by atoms with Crippen molar-refractivity contribution in [3.8, 4) is 5.75 Å². The minimum Gasteiger partial charge on any atom is -0.490 e. The standard InChI is InChI=1S/C16H21BF2O3/c1-14(2)15(3,4)22-17(21-14)11-5-7-12(8-6-11)20-13-9-16(18,19)10-13/h5-8,13H,9-10H2,1-4H3. The lowest BCUT2D eigenvalue weighted by Crippen LogP contribution is -2.43. The normalized spacial score (nSPS) is 25.8. The summed E-state index contributed by atoms with van der Waals surface area (Å²) >= 11 is 0. The van der Waals surface area contributed by atoms with E-state index in [0.29, 0.717) is 5.75 Å². The summed E-state index contributed by atoms with van der Waals surface area (Å²) in [6.45, 7) is 8.00. The number of rotatable bonds is 3. The Bertz CT molecular complexity index is 533. The van der Waals surface area contributed by atoms with Crippen LogP contribution >= 0.6 is 0 Å². The van der Waals surface area contributed by atoms with Crippen LogP contribution in [-0.2, 0) is 9.31 Å². The molecule has 3 nitrogen and oxygen atoms in total. The Morgan fingerprint density at radius 3 is 1.95 bits per heavy atom. The molecule has 0 N–H and O–H groups in total. The van der Waals surface area contributed by atoms with Crippen molar-refractivity contribution in [1.82, 2.24) is 0 Å². The zero-order valence-corrected chi connectivity index (χ0v) is 13.4. The van der Waals surface area contributed by atoms with E-state index in [0.717, 1.165) is 5.46 Å². The molecule has 0 spiro atoms. The lowest BCUT2D eigenvalue weighted by atomic mass is 9.79. The summed E-state index contributed by atoms with van der Waals surface area (Å²) in [5.41, 5.74) is 0.124. The first kappa shape index (κ1) is 15.7. The van der Waals surface area contributed by atoms with Crippen LogP contribution in [0.4, 0.5) is 8.78 Å². The molecule has 0 radical (unpaired) electrons. The van der Waals surface area contributed by atoms with Crippen LogP contribution in [0.25, 0.3) is 0 Å². The SMILES string of the molecule is CC1(C)OB(c2ccc(OC3CC(F)(F)C3)cc2)OC1(C)C. The van der Waals surface area contributed by atoms with Crippen LogP contribution in [0.5, 0.6) is 5.75 Å². The summed E-state index contributed by atoms with van der Waals surface area (Å²) in [5.74, 6) is -1.96. The molecule has 2 aliphatic rings. The Balaban J connectivity index is 1.63. The molecule has 1 aliphatic carbocycles. The molecular weight excluding hydrogens is 289 g/mol. The van der Waals surface area contributed by atoms with Crippen molar-refractivity contribution in [2.45, 2.75) is 63.8 Å². The molecule has 1 aromatic rings. The van der Waals surface area contributed by atoms with Crippen LogP contribution in [0.15, 0.2) is 24.3 Å². The van der Waals surface area contributed by atoms with Crippen LogP contribution < -0.4 is 10.2 Å². The van der Waals surface area contributed by atoms with Crippen molar-refractivity contribution in [3.05, 3.63) is 24.3 Å². The Labute approximate surface area is 130 Å². The third-order valence-corrected chi connectivity index (χ3v) is 4.76. The van der Waals surface area contributed by atoms with E-state index in [9.17, 15) is 8.78 Å². The van der Waals surface area contributed by atoms with Gasteiger partial charge in [0.15, 0.2) is 0 Å². The lowest BCUT2D eigenvalue weighted by Gasteiger charge is -2.34. The molecule has 0 aromatic heterocycles. The van der Waals surface area contributed by atoms with E-state index >= 15 is 0 Å². The maximum absolute atomic E-state index is 12.8. The average Bonchev–Trinajstić information content (AvgIpc) is 2.57. The second-order valence-corrected chi connectivity index (χ2v) is 7.16. The molecule has 22 heavy (non-hydrogen) atoms. The molecule has 0 amide bonds. The third kappa shape index (κ3) is 2.86. The monoisotopic (exact) mass is 310 g/mol. The van der Waals surface area contributed by atoms with Crippen molar-refractivity contribution < 1.29 is 22.8 Å². The van der Waals surface area contributed by atoms with Gasteiger partial charge in [-0.15, -0.1) is 0 Å². The van der Waals surface area contributed by atoms with E-state index in [4.69, 9.17) is 14.0 Å². The Morgan fingerprint density at radius 2 is 1.50 bits per heavy atom. The molecule has 0 unspecified atom stereocenters. The largest absolute Gasteiger partial charge is 0.494 e.